The van der Waals surface area contributed by atoms with E-state index in [1.54, 1.807) is 12.1 Å². The van der Waals surface area contributed by atoms with Gasteiger partial charge in [-0.1, -0.05) is 11.6 Å². The molecule has 0 bridgehead atoms. The number of carbonyl (C=O) groups is 1. The summed E-state index contributed by atoms with van der Waals surface area (Å²) >= 11 is 5.64. The van der Waals surface area contributed by atoms with Crippen molar-refractivity contribution in [1.82, 2.24) is 0 Å². The number of ether oxygens (including phenoxy) is 1. The Morgan fingerprint density at radius 1 is 1.15 bits per heavy atom. The summed E-state index contributed by atoms with van der Waals surface area (Å²) in [4.78, 5) is 14.9. The molecule has 1 aliphatic rings. The molecule has 0 aromatic heterocycles. The van der Waals surface area contributed by atoms with Gasteiger partial charge >= 0.3 is 6.18 Å². The van der Waals surface area contributed by atoms with E-state index in [2.05, 4.69) is 10.2 Å². The van der Waals surface area contributed by atoms with Gasteiger partial charge < -0.3 is 15.0 Å². The monoisotopic (exact) mass is 505 g/mol. The number of rotatable bonds is 6. The van der Waals surface area contributed by atoms with Crippen LogP contribution in [-0.4, -0.2) is 52.9 Å². The van der Waals surface area contributed by atoms with Crippen LogP contribution in [0, 0.1) is 0 Å². The first-order valence-corrected chi connectivity index (χ1v) is 12.2. The van der Waals surface area contributed by atoms with Crippen molar-refractivity contribution in [3.05, 3.63) is 53.1 Å². The molecule has 1 N–H and O–H groups in total. The highest BCUT2D eigenvalue weighted by atomic mass is 35.5. The predicted octanol–water partition coefficient (Wildman–Crippen LogP) is 3.99. The molecule has 0 radical (unpaired) electrons. The zero-order valence-corrected chi connectivity index (χ0v) is 19.5. The van der Waals surface area contributed by atoms with E-state index in [1.807, 2.05) is 12.1 Å². The first-order chi connectivity index (χ1) is 15.4. The summed E-state index contributed by atoms with van der Waals surface area (Å²) in [7, 11) is -4.11. The lowest BCUT2D eigenvalue weighted by Crippen LogP contribution is -2.45. The molecule has 0 spiro atoms. The van der Waals surface area contributed by atoms with E-state index in [0.717, 1.165) is 37.2 Å². The van der Waals surface area contributed by atoms with E-state index in [1.165, 1.54) is 6.92 Å². The van der Waals surface area contributed by atoms with E-state index in [9.17, 15) is 26.4 Å². The first kappa shape index (κ1) is 25.1. The Balaban J connectivity index is 1.81. The normalized spacial score (nSPS) is 15.8. The van der Waals surface area contributed by atoms with Crippen LogP contribution in [-0.2, 0) is 25.7 Å². The van der Waals surface area contributed by atoms with Gasteiger partial charge in [-0.15, -0.1) is 0 Å². The number of morpholine rings is 1. The number of benzene rings is 2. The van der Waals surface area contributed by atoms with E-state index >= 15 is 0 Å². The standard InChI is InChI=1S/C21H23ClF3N3O4S/c1-14(20(29)26-15-3-5-16(6-4-15)27-9-11-32-12-10-27)28(33(2,30)31)17-7-8-19(22)18(13-17)21(23,24)25/h3-8,13-14H,9-12H2,1-2H3,(H,26,29)/t14-/m1/s1. The topological polar surface area (TPSA) is 79.0 Å². The fraction of sp³-hybridized carbons (Fsp3) is 0.381. The minimum Gasteiger partial charge on any atom is -0.378 e. The predicted molar refractivity (Wildman–Crippen MR) is 121 cm³/mol. The van der Waals surface area contributed by atoms with Gasteiger partial charge in [-0.2, -0.15) is 13.2 Å². The molecule has 12 heteroatoms. The van der Waals surface area contributed by atoms with Gasteiger partial charge in [0.15, 0.2) is 0 Å². The molecule has 1 heterocycles. The molecule has 1 amide bonds. The Hall–Kier alpha value is -2.50. The van der Waals surface area contributed by atoms with Crippen molar-refractivity contribution in [2.75, 3.05) is 47.1 Å². The Morgan fingerprint density at radius 3 is 2.30 bits per heavy atom. The Bertz CT molecular complexity index is 1100. The number of hydrogen-bond donors (Lipinski definition) is 1. The lowest BCUT2D eigenvalue weighted by molar-refractivity contribution is -0.137. The third kappa shape index (κ3) is 6.10. The molecule has 33 heavy (non-hydrogen) atoms. The van der Waals surface area contributed by atoms with Crippen molar-refractivity contribution in [3.63, 3.8) is 0 Å². The molecular formula is C21H23ClF3N3O4S. The van der Waals surface area contributed by atoms with Gasteiger partial charge in [-0.25, -0.2) is 8.42 Å². The maximum Gasteiger partial charge on any atom is 0.417 e. The molecule has 180 valence electrons. The highest BCUT2D eigenvalue weighted by molar-refractivity contribution is 7.92. The van der Waals surface area contributed by atoms with Crippen molar-refractivity contribution in [1.29, 1.82) is 0 Å². The minimum absolute atomic E-state index is 0.320. The molecule has 2 aromatic carbocycles. The lowest BCUT2D eigenvalue weighted by Gasteiger charge is -2.29. The SMILES string of the molecule is C[C@H](C(=O)Nc1ccc(N2CCOCC2)cc1)N(c1ccc(Cl)c(C(F)(F)F)c1)S(C)(=O)=O. The van der Waals surface area contributed by atoms with Crippen LogP contribution in [0.15, 0.2) is 42.5 Å². The zero-order valence-electron chi connectivity index (χ0n) is 17.9. The summed E-state index contributed by atoms with van der Waals surface area (Å²) in [6, 6.07) is 8.33. The van der Waals surface area contributed by atoms with Crippen LogP contribution >= 0.6 is 11.6 Å². The summed E-state index contributed by atoms with van der Waals surface area (Å²) < 4.78 is 70.6. The van der Waals surface area contributed by atoms with Crippen LogP contribution in [0.25, 0.3) is 0 Å². The van der Waals surface area contributed by atoms with Gasteiger partial charge in [0.1, 0.15) is 6.04 Å². The van der Waals surface area contributed by atoms with Crippen LogP contribution in [0.1, 0.15) is 12.5 Å². The molecular weight excluding hydrogens is 483 g/mol. The maximum absolute atomic E-state index is 13.3. The van der Waals surface area contributed by atoms with Crippen LogP contribution in [0.3, 0.4) is 0 Å². The van der Waals surface area contributed by atoms with Crippen molar-refractivity contribution in [3.8, 4) is 0 Å². The molecule has 2 aromatic rings. The maximum atomic E-state index is 13.3. The number of carbonyl (C=O) groups excluding carboxylic acids is 1. The summed E-state index contributed by atoms with van der Waals surface area (Å²) in [5, 5.41) is 2.04. The smallest absolute Gasteiger partial charge is 0.378 e. The number of nitrogens with one attached hydrogen (secondary N) is 1. The van der Waals surface area contributed by atoms with Crippen LogP contribution in [0.2, 0.25) is 5.02 Å². The van der Waals surface area contributed by atoms with E-state index < -0.39 is 38.7 Å². The van der Waals surface area contributed by atoms with Gasteiger partial charge in [0.25, 0.3) is 0 Å². The van der Waals surface area contributed by atoms with E-state index in [4.69, 9.17) is 16.3 Å². The van der Waals surface area contributed by atoms with Gasteiger partial charge in [0.2, 0.25) is 15.9 Å². The number of hydrogen-bond acceptors (Lipinski definition) is 5. The molecule has 0 unspecified atom stereocenters. The Labute approximate surface area is 195 Å². The summed E-state index contributed by atoms with van der Waals surface area (Å²) in [6.45, 7) is 4.02. The largest absolute Gasteiger partial charge is 0.417 e. The summed E-state index contributed by atoms with van der Waals surface area (Å²) in [5.74, 6) is -0.706. The highest BCUT2D eigenvalue weighted by Gasteiger charge is 2.36. The highest BCUT2D eigenvalue weighted by Crippen LogP contribution is 2.37. The average molecular weight is 506 g/mol. The van der Waals surface area contributed by atoms with Crippen molar-refractivity contribution in [2.45, 2.75) is 19.1 Å². The van der Waals surface area contributed by atoms with Crippen LogP contribution in [0.5, 0.6) is 0 Å². The molecule has 1 fully saturated rings. The van der Waals surface area contributed by atoms with Crippen LogP contribution < -0.4 is 14.5 Å². The number of amides is 1. The number of sulfonamides is 1. The van der Waals surface area contributed by atoms with Gasteiger partial charge in [0, 0.05) is 24.5 Å². The summed E-state index contributed by atoms with van der Waals surface area (Å²) in [6.07, 6.45) is -3.97. The average Bonchev–Trinajstić information content (AvgIpc) is 2.74. The zero-order chi connectivity index (χ0) is 24.4. The van der Waals surface area contributed by atoms with E-state index in [-0.39, 0.29) is 5.69 Å². The number of alkyl halides is 3. The van der Waals surface area contributed by atoms with Crippen LogP contribution in [0.4, 0.5) is 30.2 Å². The molecule has 1 atom stereocenters. The molecule has 0 aliphatic carbocycles. The third-order valence-corrected chi connectivity index (χ3v) is 6.68. The number of nitrogens with zero attached hydrogens (tertiary/aromatic N) is 2. The summed E-state index contributed by atoms with van der Waals surface area (Å²) in [5.41, 5.74) is -0.145. The first-order valence-electron chi connectivity index (χ1n) is 9.97. The quantitative estimate of drug-likeness (QED) is 0.642. The molecule has 7 nitrogen and oxygen atoms in total. The Kier molecular flexibility index (Phi) is 7.45. The number of halogens is 4. The van der Waals surface area contributed by atoms with E-state index in [0.29, 0.717) is 29.3 Å². The van der Waals surface area contributed by atoms with Gasteiger partial charge in [0.05, 0.1) is 35.7 Å². The fourth-order valence-electron chi connectivity index (χ4n) is 3.50. The van der Waals surface area contributed by atoms with Crippen molar-refractivity contribution >= 4 is 44.6 Å². The lowest BCUT2D eigenvalue weighted by atomic mass is 10.1. The van der Waals surface area contributed by atoms with Gasteiger partial charge in [-0.3, -0.25) is 9.10 Å². The van der Waals surface area contributed by atoms with Crippen molar-refractivity contribution < 1.29 is 31.1 Å². The second-order valence-corrected chi connectivity index (χ2v) is 9.80. The van der Waals surface area contributed by atoms with Crippen molar-refractivity contribution in [2.24, 2.45) is 0 Å². The second-order valence-electron chi connectivity index (χ2n) is 7.53. The molecule has 0 saturated carbocycles. The van der Waals surface area contributed by atoms with Gasteiger partial charge in [-0.05, 0) is 49.4 Å². The molecule has 1 aliphatic heterocycles. The fourth-order valence-corrected chi connectivity index (χ4v) is 4.89. The third-order valence-electron chi connectivity index (χ3n) is 5.11. The second kappa shape index (κ2) is 9.78. The molecule has 1 saturated heterocycles. The number of anilines is 3. The minimum atomic E-state index is -4.79. The Morgan fingerprint density at radius 2 is 1.76 bits per heavy atom. The molecule has 3 rings (SSSR count).